The van der Waals surface area contributed by atoms with Crippen LogP contribution in [0.5, 0.6) is 0 Å². The van der Waals surface area contributed by atoms with E-state index in [4.69, 9.17) is 5.73 Å². The predicted molar refractivity (Wildman–Crippen MR) is 86.0 cm³/mol. The van der Waals surface area contributed by atoms with Gasteiger partial charge in [0.2, 0.25) is 0 Å². The van der Waals surface area contributed by atoms with Crippen molar-refractivity contribution in [1.29, 1.82) is 0 Å². The number of rotatable bonds is 2. The summed E-state index contributed by atoms with van der Waals surface area (Å²) in [6.07, 6.45) is 0.847. The molecule has 0 bridgehead atoms. The van der Waals surface area contributed by atoms with E-state index >= 15 is 0 Å². The summed E-state index contributed by atoms with van der Waals surface area (Å²) >= 11 is 0. The van der Waals surface area contributed by atoms with E-state index in [1.165, 1.54) is 0 Å². The number of nitrogens with zero attached hydrogens (tertiary/aromatic N) is 3. The van der Waals surface area contributed by atoms with Crippen LogP contribution < -0.4 is 5.73 Å². The highest BCUT2D eigenvalue weighted by molar-refractivity contribution is 5.83. The highest BCUT2D eigenvalue weighted by Crippen LogP contribution is 2.24. The lowest BCUT2D eigenvalue weighted by Crippen LogP contribution is -2.04. The van der Waals surface area contributed by atoms with Crippen LogP contribution in [0.2, 0.25) is 0 Å². The molecule has 2 N–H and O–H groups in total. The first kappa shape index (κ1) is 13.5. The third-order valence-corrected chi connectivity index (χ3v) is 3.71. The van der Waals surface area contributed by atoms with Crippen LogP contribution in [0.4, 0.5) is 5.82 Å². The predicted octanol–water partition coefficient (Wildman–Crippen LogP) is 3.45. The molecular weight excluding hydrogens is 260 g/mol. The van der Waals surface area contributed by atoms with Gasteiger partial charge in [-0.05, 0) is 44.5 Å². The zero-order valence-corrected chi connectivity index (χ0v) is 12.5. The normalized spacial score (nSPS) is 11.0. The average Bonchev–Trinajstić information content (AvgIpc) is 2.49. The molecule has 0 saturated carbocycles. The van der Waals surface area contributed by atoms with E-state index in [-0.39, 0.29) is 0 Å². The number of fused-ring (bicyclic) bond motifs is 1. The van der Waals surface area contributed by atoms with Crippen LogP contribution in [-0.4, -0.2) is 15.0 Å². The number of hydrogen-bond donors (Lipinski definition) is 1. The number of benzene rings is 1. The first-order chi connectivity index (χ1) is 10.1. The maximum absolute atomic E-state index is 6.00. The molecule has 0 atom stereocenters. The van der Waals surface area contributed by atoms with E-state index < -0.39 is 0 Å². The summed E-state index contributed by atoms with van der Waals surface area (Å²) in [5, 5.41) is 1.08. The summed E-state index contributed by atoms with van der Waals surface area (Å²) in [5.41, 5.74) is 10.9. The van der Waals surface area contributed by atoms with Gasteiger partial charge in [-0.2, -0.15) is 0 Å². The van der Waals surface area contributed by atoms with E-state index in [2.05, 4.69) is 34.0 Å². The Bertz CT molecular complexity index is 824. The second kappa shape index (κ2) is 5.13. The van der Waals surface area contributed by atoms with E-state index in [0.29, 0.717) is 11.6 Å². The fourth-order valence-electron chi connectivity index (χ4n) is 2.42. The first-order valence-corrected chi connectivity index (χ1v) is 7.09. The van der Waals surface area contributed by atoms with Crippen LogP contribution in [0.1, 0.15) is 23.9 Å². The van der Waals surface area contributed by atoms with Crippen LogP contribution in [0.25, 0.3) is 22.3 Å². The van der Waals surface area contributed by atoms with Crippen LogP contribution in [-0.2, 0) is 6.42 Å². The number of hydrogen-bond acceptors (Lipinski definition) is 4. The van der Waals surface area contributed by atoms with Crippen molar-refractivity contribution in [3.63, 3.8) is 0 Å². The van der Waals surface area contributed by atoms with Crippen LogP contribution in [0.3, 0.4) is 0 Å². The SMILES string of the molecule is CCc1nc(-c2ccc3nc(C)ccc3c2)nc(N)c1C. The number of anilines is 1. The molecule has 0 fully saturated rings. The molecule has 3 rings (SSSR count). The molecule has 106 valence electrons. The van der Waals surface area contributed by atoms with Crippen molar-refractivity contribution >= 4 is 16.7 Å². The summed E-state index contributed by atoms with van der Waals surface area (Å²) in [6.45, 7) is 6.03. The quantitative estimate of drug-likeness (QED) is 0.779. The van der Waals surface area contributed by atoms with Gasteiger partial charge in [-0.25, -0.2) is 9.97 Å². The van der Waals surface area contributed by atoms with Crippen molar-refractivity contribution in [1.82, 2.24) is 15.0 Å². The fourth-order valence-corrected chi connectivity index (χ4v) is 2.42. The van der Waals surface area contributed by atoms with Crippen molar-refractivity contribution in [3.8, 4) is 11.4 Å². The Morgan fingerprint density at radius 2 is 1.81 bits per heavy atom. The molecule has 3 aromatic rings. The summed E-state index contributed by atoms with van der Waals surface area (Å²) in [7, 11) is 0. The third-order valence-electron chi connectivity index (χ3n) is 3.71. The van der Waals surface area contributed by atoms with E-state index in [1.54, 1.807) is 0 Å². The van der Waals surface area contributed by atoms with Gasteiger partial charge in [0.05, 0.1) is 5.52 Å². The zero-order chi connectivity index (χ0) is 15.0. The van der Waals surface area contributed by atoms with Gasteiger partial charge in [0, 0.05) is 27.9 Å². The minimum Gasteiger partial charge on any atom is -0.383 e. The maximum Gasteiger partial charge on any atom is 0.161 e. The molecule has 0 amide bonds. The molecule has 0 aliphatic rings. The van der Waals surface area contributed by atoms with Crippen LogP contribution in [0, 0.1) is 13.8 Å². The van der Waals surface area contributed by atoms with E-state index in [1.807, 2.05) is 32.0 Å². The smallest absolute Gasteiger partial charge is 0.161 e. The van der Waals surface area contributed by atoms with Crippen LogP contribution >= 0.6 is 0 Å². The lowest BCUT2D eigenvalue weighted by atomic mass is 10.1. The second-order valence-corrected chi connectivity index (χ2v) is 5.22. The maximum atomic E-state index is 6.00. The summed E-state index contributed by atoms with van der Waals surface area (Å²) in [4.78, 5) is 13.6. The molecule has 0 spiro atoms. The molecule has 0 aliphatic carbocycles. The Morgan fingerprint density at radius 1 is 1.00 bits per heavy atom. The van der Waals surface area contributed by atoms with Gasteiger partial charge in [-0.1, -0.05) is 13.0 Å². The number of nitrogens with two attached hydrogens (primary N) is 1. The number of pyridine rings is 1. The molecular formula is C17H18N4. The molecule has 4 heteroatoms. The topological polar surface area (TPSA) is 64.7 Å². The van der Waals surface area contributed by atoms with Crippen molar-refractivity contribution in [2.45, 2.75) is 27.2 Å². The summed E-state index contributed by atoms with van der Waals surface area (Å²) < 4.78 is 0. The monoisotopic (exact) mass is 278 g/mol. The number of aromatic nitrogens is 3. The Morgan fingerprint density at radius 3 is 2.57 bits per heavy atom. The van der Waals surface area contributed by atoms with Gasteiger partial charge < -0.3 is 5.73 Å². The van der Waals surface area contributed by atoms with Crippen molar-refractivity contribution in [3.05, 3.63) is 47.3 Å². The molecule has 2 aromatic heterocycles. The van der Waals surface area contributed by atoms with Crippen molar-refractivity contribution in [2.24, 2.45) is 0 Å². The largest absolute Gasteiger partial charge is 0.383 e. The highest BCUT2D eigenvalue weighted by Gasteiger charge is 2.09. The standard InChI is InChI=1S/C17H18N4/c1-4-14-11(3)16(18)21-17(20-14)13-7-8-15-12(9-13)6-5-10(2)19-15/h5-9H,4H2,1-3H3,(H2,18,20,21). The van der Waals surface area contributed by atoms with Gasteiger partial charge >= 0.3 is 0 Å². The molecule has 21 heavy (non-hydrogen) atoms. The van der Waals surface area contributed by atoms with E-state index in [9.17, 15) is 0 Å². The second-order valence-electron chi connectivity index (χ2n) is 5.22. The Hall–Kier alpha value is -2.49. The highest BCUT2D eigenvalue weighted by atomic mass is 15.0. The van der Waals surface area contributed by atoms with Crippen molar-refractivity contribution < 1.29 is 0 Å². The first-order valence-electron chi connectivity index (χ1n) is 7.09. The molecule has 1 aromatic carbocycles. The zero-order valence-electron chi connectivity index (χ0n) is 12.5. The number of aryl methyl sites for hydroxylation is 2. The van der Waals surface area contributed by atoms with Crippen LogP contribution in [0.15, 0.2) is 30.3 Å². The number of nitrogen functional groups attached to an aromatic ring is 1. The van der Waals surface area contributed by atoms with Gasteiger partial charge in [-0.3, -0.25) is 4.98 Å². The van der Waals surface area contributed by atoms with Gasteiger partial charge in [0.1, 0.15) is 5.82 Å². The van der Waals surface area contributed by atoms with E-state index in [0.717, 1.165) is 39.8 Å². The average molecular weight is 278 g/mol. The minimum atomic E-state index is 0.555. The molecule has 0 unspecified atom stereocenters. The Kier molecular flexibility index (Phi) is 3.29. The summed E-state index contributed by atoms with van der Waals surface area (Å²) in [6, 6.07) is 10.1. The third kappa shape index (κ3) is 2.44. The molecule has 2 heterocycles. The molecule has 0 radical (unpaired) electrons. The lowest BCUT2D eigenvalue weighted by molar-refractivity contribution is 0.982. The van der Waals surface area contributed by atoms with Crippen molar-refractivity contribution in [2.75, 3.05) is 5.73 Å². The van der Waals surface area contributed by atoms with Gasteiger partial charge in [0.25, 0.3) is 0 Å². The summed E-state index contributed by atoms with van der Waals surface area (Å²) in [5.74, 6) is 1.23. The van der Waals surface area contributed by atoms with Gasteiger partial charge in [0.15, 0.2) is 5.82 Å². The Balaban J connectivity index is 2.16. The lowest BCUT2D eigenvalue weighted by Gasteiger charge is -2.09. The minimum absolute atomic E-state index is 0.555. The van der Waals surface area contributed by atoms with Gasteiger partial charge in [-0.15, -0.1) is 0 Å². The molecule has 0 aliphatic heterocycles. The molecule has 0 saturated heterocycles. The Labute approximate surface area is 124 Å². The molecule has 4 nitrogen and oxygen atoms in total. The fraction of sp³-hybridized carbons (Fsp3) is 0.235.